The molecular weight excluding hydrogens is 468 g/mol. The maximum absolute atomic E-state index is 13.2. The first kappa shape index (κ1) is 28.5. The highest BCUT2D eigenvalue weighted by Crippen LogP contribution is 2.23. The first-order valence-electron chi connectivity index (χ1n) is 11.8. The summed E-state index contributed by atoms with van der Waals surface area (Å²) in [4.78, 5) is 58.8. The van der Waals surface area contributed by atoms with Crippen LogP contribution in [-0.4, -0.2) is 87.0 Å². The molecule has 2 heterocycles. The molecule has 12 nitrogen and oxygen atoms in total. The molecule has 0 aliphatic carbocycles. The van der Waals surface area contributed by atoms with E-state index in [4.69, 9.17) is 10.2 Å². The van der Waals surface area contributed by atoms with E-state index in [2.05, 4.69) is 37.8 Å². The van der Waals surface area contributed by atoms with Crippen LogP contribution in [0.1, 0.15) is 51.5 Å². The van der Waals surface area contributed by atoms with E-state index in [9.17, 15) is 19.2 Å². The van der Waals surface area contributed by atoms with Crippen LogP contribution in [0.5, 0.6) is 6.01 Å². The number of unbranched alkanes of at least 4 members (excludes halogenated alkanes) is 1. The van der Waals surface area contributed by atoms with Crippen LogP contribution in [0.4, 0.5) is 0 Å². The molecule has 0 spiro atoms. The second-order valence-corrected chi connectivity index (χ2v) is 9.17. The number of piperidine rings is 1. The second-order valence-electron chi connectivity index (χ2n) is 9.17. The third kappa shape index (κ3) is 8.81. The minimum absolute atomic E-state index is 0.159. The van der Waals surface area contributed by atoms with Gasteiger partial charge in [0.25, 0.3) is 0 Å². The summed E-state index contributed by atoms with van der Waals surface area (Å²) in [6.07, 6.45) is 4.51. The molecule has 1 saturated heterocycles. The topological polar surface area (TPSA) is 174 Å². The molecule has 0 radical (unpaired) electrons. The zero-order chi connectivity index (χ0) is 26.7. The Balaban J connectivity index is 1.95. The van der Waals surface area contributed by atoms with Crippen LogP contribution in [0.25, 0.3) is 0 Å². The lowest BCUT2D eigenvalue weighted by molar-refractivity contribution is -0.141. The summed E-state index contributed by atoms with van der Waals surface area (Å²) in [5.74, 6) is 2.99. The molecule has 3 amide bonds. The Kier molecular flexibility index (Phi) is 10.6. The van der Waals surface area contributed by atoms with E-state index in [1.165, 1.54) is 12.4 Å². The highest BCUT2D eigenvalue weighted by Gasteiger charge is 2.43. The number of rotatable bonds is 10. The smallest absolute Gasteiger partial charge is 0.322 e. The number of aromatic hydroxyl groups is 1. The summed E-state index contributed by atoms with van der Waals surface area (Å²) in [7, 11) is 1.90. The molecule has 196 valence electrons. The van der Waals surface area contributed by atoms with Gasteiger partial charge in [0.1, 0.15) is 18.1 Å². The van der Waals surface area contributed by atoms with Crippen molar-refractivity contribution in [2.24, 2.45) is 5.92 Å². The molecule has 1 aromatic heterocycles. The molecule has 0 aromatic carbocycles. The molecule has 0 saturated carbocycles. The number of nitrogens with zero attached hydrogens (tertiary/aromatic N) is 3. The summed E-state index contributed by atoms with van der Waals surface area (Å²) in [6, 6.07) is -1.19. The van der Waals surface area contributed by atoms with Crippen molar-refractivity contribution >= 4 is 23.7 Å². The SMILES string of the molecule is CC(C)[C@H](NC(=O)CCCC#Cc1cnc(O)nc1)C(=O)NC1(C(=O)NCC(=O)O)CCN(C)CC1. The normalized spacial score (nSPS) is 15.8. The summed E-state index contributed by atoms with van der Waals surface area (Å²) >= 11 is 0. The van der Waals surface area contributed by atoms with E-state index in [0.717, 1.165) is 0 Å². The summed E-state index contributed by atoms with van der Waals surface area (Å²) in [5.41, 5.74) is -0.700. The Morgan fingerprint density at radius 2 is 1.81 bits per heavy atom. The quantitative estimate of drug-likeness (QED) is 0.211. The number of likely N-dealkylation sites (tertiary alicyclic amines) is 1. The molecule has 1 aliphatic heterocycles. The highest BCUT2D eigenvalue weighted by molar-refractivity contribution is 5.95. The molecule has 2 rings (SSSR count). The summed E-state index contributed by atoms with van der Waals surface area (Å²) < 4.78 is 0. The van der Waals surface area contributed by atoms with Gasteiger partial charge in [-0.3, -0.25) is 19.2 Å². The van der Waals surface area contributed by atoms with Crippen molar-refractivity contribution in [3.05, 3.63) is 18.0 Å². The van der Waals surface area contributed by atoms with Gasteiger partial charge < -0.3 is 31.1 Å². The third-order valence-electron chi connectivity index (χ3n) is 5.88. The van der Waals surface area contributed by atoms with E-state index in [1.54, 1.807) is 13.8 Å². The fourth-order valence-electron chi connectivity index (χ4n) is 3.72. The molecule has 36 heavy (non-hydrogen) atoms. The lowest BCUT2D eigenvalue weighted by Crippen LogP contribution is -2.66. The Morgan fingerprint density at radius 3 is 2.39 bits per heavy atom. The maximum atomic E-state index is 13.2. The Bertz CT molecular complexity index is 993. The van der Waals surface area contributed by atoms with E-state index in [1.807, 2.05) is 11.9 Å². The number of aromatic nitrogens is 2. The van der Waals surface area contributed by atoms with Crippen molar-refractivity contribution in [3.8, 4) is 17.9 Å². The minimum atomic E-state index is -1.25. The molecule has 5 N–H and O–H groups in total. The number of carboxylic acids is 1. The van der Waals surface area contributed by atoms with Crippen molar-refractivity contribution in [2.45, 2.75) is 57.5 Å². The van der Waals surface area contributed by atoms with E-state index in [0.29, 0.717) is 44.3 Å². The zero-order valence-corrected chi connectivity index (χ0v) is 20.8. The van der Waals surface area contributed by atoms with E-state index < -0.39 is 35.9 Å². The van der Waals surface area contributed by atoms with E-state index in [-0.39, 0.29) is 24.3 Å². The number of carbonyl (C=O) groups excluding carboxylic acids is 3. The van der Waals surface area contributed by atoms with E-state index >= 15 is 0 Å². The standard InChI is InChI=1S/C24H34N6O6/c1-16(2)20(28-18(31)8-6-4-5-7-17-13-26-23(36)27-14-17)21(34)29-24(9-11-30(3)12-10-24)22(35)25-15-19(32)33/h13-14,16,20H,4,6,8-12,15H2,1-3H3,(H,25,35)(H,28,31)(H,29,34)(H,32,33)(H,26,27,36)/t20-/m0/s1. The van der Waals surface area contributed by atoms with Crippen LogP contribution >= 0.6 is 0 Å². The molecule has 1 aliphatic rings. The van der Waals surface area contributed by atoms with Crippen molar-refractivity contribution in [3.63, 3.8) is 0 Å². The zero-order valence-electron chi connectivity index (χ0n) is 20.8. The first-order chi connectivity index (χ1) is 17.0. The fraction of sp³-hybridized carbons (Fsp3) is 0.583. The van der Waals surface area contributed by atoms with Crippen LogP contribution < -0.4 is 16.0 Å². The van der Waals surface area contributed by atoms with Gasteiger partial charge in [-0.25, -0.2) is 9.97 Å². The van der Waals surface area contributed by atoms with Gasteiger partial charge >= 0.3 is 12.0 Å². The minimum Gasteiger partial charge on any atom is -0.480 e. The van der Waals surface area contributed by atoms with Gasteiger partial charge in [-0.1, -0.05) is 25.7 Å². The number of nitrogens with one attached hydrogen (secondary N) is 3. The van der Waals surface area contributed by atoms with Gasteiger partial charge in [-0.05, 0) is 32.2 Å². The number of carbonyl (C=O) groups is 4. The number of hydrogen-bond donors (Lipinski definition) is 5. The van der Waals surface area contributed by atoms with Crippen molar-refractivity contribution in [1.82, 2.24) is 30.8 Å². The van der Waals surface area contributed by atoms with Gasteiger partial charge in [0.15, 0.2) is 0 Å². The fourth-order valence-corrected chi connectivity index (χ4v) is 3.72. The largest absolute Gasteiger partial charge is 0.480 e. The Labute approximate surface area is 210 Å². The van der Waals surface area contributed by atoms with Gasteiger partial charge in [0.05, 0.1) is 5.56 Å². The van der Waals surface area contributed by atoms with Crippen LogP contribution in [-0.2, 0) is 19.2 Å². The lowest BCUT2D eigenvalue weighted by atomic mass is 9.85. The van der Waals surface area contributed by atoms with Gasteiger partial charge in [-0.2, -0.15) is 0 Å². The third-order valence-corrected chi connectivity index (χ3v) is 5.88. The van der Waals surface area contributed by atoms with Crippen LogP contribution in [0, 0.1) is 17.8 Å². The average molecular weight is 503 g/mol. The monoisotopic (exact) mass is 502 g/mol. The number of aliphatic carboxylic acids is 1. The van der Waals surface area contributed by atoms with Crippen molar-refractivity contribution < 1.29 is 29.4 Å². The number of carboxylic acid groups (broad SMARTS) is 1. The van der Waals surface area contributed by atoms with Crippen LogP contribution in [0.3, 0.4) is 0 Å². The van der Waals surface area contributed by atoms with Gasteiger partial charge in [0.2, 0.25) is 17.7 Å². The van der Waals surface area contributed by atoms with Crippen LogP contribution in [0.2, 0.25) is 0 Å². The van der Waals surface area contributed by atoms with Gasteiger partial charge in [-0.15, -0.1) is 0 Å². The van der Waals surface area contributed by atoms with Crippen molar-refractivity contribution in [2.75, 3.05) is 26.7 Å². The Morgan fingerprint density at radius 1 is 1.17 bits per heavy atom. The Hall–Kier alpha value is -3.72. The molecule has 12 heteroatoms. The predicted molar refractivity (Wildman–Crippen MR) is 129 cm³/mol. The average Bonchev–Trinajstić information content (AvgIpc) is 2.83. The number of hydrogen-bond acceptors (Lipinski definition) is 8. The first-order valence-corrected chi connectivity index (χ1v) is 11.8. The van der Waals surface area contributed by atoms with Crippen LogP contribution in [0.15, 0.2) is 12.4 Å². The maximum Gasteiger partial charge on any atom is 0.322 e. The molecule has 1 fully saturated rings. The van der Waals surface area contributed by atoms with Crippen molar-refractivity contribution in [1.29, 1.82) is 0 Å². The summed E-state index contributed by atoms with van der Waals surface area (Å²) in [6.45, 7) is 4.15. The lowest BCUT2D eigenvalue weighted by Gasteiger charge is -2.40. The summed E-state index contributed by atoms with van der Waals surface area (Å²) in [5, 5.41) is 26.0. The number of amides is 3. The van der Waals surface area contributed by atoms with Gasteiger partial charge in [0, 0.05) is 38.3 Å². The molecule has 0 bridgehead atoms. The molecule has 1 aromatic rings. The molecular formula is C24H34N6O6. The predicted octanol–water partition coefficient (Wildman–Crippen LogP) is -0.374. The second kappa shape index (κ2) is 13.4. The highest BCUT2D eigenvalue weighted by atomic mass is 16.4. The molecule has 0 unspecified atom stereocenters. The molecule has 1 atom stereocenters.